The number of hydrogen-bond acceptors (Lipinski definition) is 2. The largest absolute Gasteiger partial charge is 0.354 e. The SMILES string of the molecule is CC(C)(C)c1ccc2[nH]c3c(-c4ccc(S(=O)(=O)c5ccc(-c6cc(C(C)(C)C)cc7c6[nH]c6ccc(C(C)(C)C)cc67)cc5)cc4)cc(C(C)(C)C)cc3c2c1. The highest BCUT2D eigenvalue weighted by Crippen LogP contribution is 2.42. The van der Waals surface area contributed by atoms with Crippen LogP contribution in [0.1, 0.15) is 105 Å². The van der Waals surface area contributed by atoms with Crippen molar-refractivity contribution in [2.75, 3.05) is 0 Å². The number of sulfone groups is 1. The van der Waals surface area contributed by atoms with Crippen LogP contribution in [0.5, 0.6) is 0 Å². The van der Waals surface area contributed by atoms with E-state index in [0.717, 1.165) is 44.3 Å². The summed E-state index contributed by atoms with van der Waals surface area (Å²) in [5.74, 6) is 0. The summed E-state index contributed by atoms with van der Waals surface area (Å²) in [5.41, 5.74) is 13.3. The van der Waals surface area contributed by atoms with E-state index in [1.54, 1.807) is 24.3 Å². The maximum atomic E-state index is 14.2. The van der Waals surface area contributed by atoms with Gasteiger partial charge in [-0.1, -0.05) is 119 Å². The van der Waals surface area contributed by atoms with Crippen LogP contribution in [0.2, 0.25) is 0 Å². The summed E-state index contributed by atoms with van der Waals surface area (Å²) in [6, 6.07) is 37.4. The highest BCUT2D eigenvalue weighted by Gasteiger charge is 2.24. The Bertz CT molecular complexity index is 2770. The predicted octanol–water partition coefficient (Wildman–Crippen LogP) is 14.3. The van der Waals surface area contributed by atoms with Gasteiger partial charge < -0.3 is 9.97 Å². The topological polar surface area (TPSA) is 65.7 Å². The Kier molecular flexibility index (Phi) is 8.79. The Morgan fingerprint density at radius 1 is 0.368 bits per heavy atom. The molecule has 292 valence electrons. The molecule has 6 aromatic carbocycles. The molecule has 0 aliphatic carbocycles. The van der Waals surface area contributed by atoms with Crippen molar-refractivity contribution >= 4 is 53.4 Å². The molecule has 4 nitrogen and oxygen atoms in total. The molecule has 0 saturated carbocycles. The number of H-pyrrole nitrogens is 2. The Labute approximate surface area is 338 Å². The smallest absolute Gasteiger partial charge is 0.206 e. The van der Waals surface area contributed by atoms with Gasteiger partial charge in [-0.05, 0) is 128 Å². The van der Waals surface area contributed by atoms with Crippen LogP contribution in [0.25, 0.3) is 65.9 Å². The van der Waals surface area contributed by atoms with Gasteiger partial charge in [-0.3, -0.25) is 0 Å². The molecule has 0 fully saturated rings. The lowest BCUT2D eigenvalue weighted by molar-refractivity contribution is 0.590. The second-order valence-electron chi connectivity index (χ2n) is 20.2. The molecule has 0 saturated heterocycles. The molecule has 0 spiro atoms. The molecule has 0 aliphatic heterocycles. The minimum atomic E-state index is -3.78. The Hall–Kier alpha value is -5.13. The third-order valence-electron chi connectivity index (χ3n) is 11.8. The van der Waals surface area contributed by atoms with Gasteiger partial charge in [0.2, 0.25) is 9.84 Å². The number of nitrogens with one attached hydrogen (secondary N) is 2. The molecule has 2 aromatic heterocycles. The molecule has 2 N–H and O–H groups in total. The molecule has 0 bridgehead atoms. The van der Waals surface area contributed by atoms with Crippen molar-refractivity contribution in [3.63, 3.8) is 0 Å². The van der Waals surface area contributed by atoms with Crippen LogP contribution in [-0.2, 0) is 31.5 Å². The summed E-state index contributed by atoms with van der Waals surface area (Å²) in [6.07, 6.45) is 0. The Morgan fingerprint density at radius 2 is 0.684 bits per heavy atom. The maximum Gasteiger partial charge on any atom is 0.206 e. The van der Waals surface area contributed by atoms with Crippen LogP contribution in [-0.4, -0.2) is 18.4 Å². The molecule has 5 heteroatoms. The van der Waals surface area contributed by atoms with Crippen molar-refractivity contribution in [2.45, 2.75) is 115 Å². The summed E-state index contributed by atoms with van der Waals surface area (Å²) in [5, 5.41) is 4.78. The lowest BCUT2D eigenvalue weighted by Crippen LogP contribution is -2.11. The number of rotatable bonds is 4. The van der Waals surface area contributed by atoms with Crippen molar-refractivity contribution in [1.29, 1.82) is 0 Å². The molecule has 0 amide bonds. The predicted molar refractivity (Wildman–Crippen MR) is 243 cm³/mol. The first-order valence-corrected chi connectivity index (χ1v) is 21.7. The molecule has 8 aromatic rings. The van der Waals surface area contributed by atoms with E-state index in [2.05, 4.69) is 154 Å². The van der Waals surface area contributed by atoms with E-state index < -0.39 is 9.84 Å². The number of hydrogen-bond donors (Lipinski definition) is 2. The minimum absolute atomic E-state index is 0.0296. The maximum absolute atomic E-state index is 14.2. The van der Waals surface area contributed by atoms with Gasteiger partial charge in [0.15, 0.2) is 0 Å². The number of aromatic nitrogens is 2. The van der Waals surface area contributed by atoms with E-state index in [1.807, 2.05) is 24.3 Å². The van der Waals surface area contributed by atoms with E-state index in [0.29, 0.717) is 0 Å². The average molecular weight is 773 g/mol. The lowest BCUT2D eigenvalue weighted by atomic mass is 9.83. The Balaban J connectivity index is 1.18. The normalized spacial score (nSPS) is 13.4. The monoisotopic (exact) mass is 772 g/mol. The number of benzene rings is 6. The quantitative estimate of drug-likeness (QED) is 0.187. The molecule has 0 atom stereocenters. The van der Waals surface area contributed by atoms with Crippen LogP contribution in [0.3, 0.4) is 0 Å². The van der Waals surface area contributed by atoms with E-state index >= 15 is 0 Å². The molecular weight excluding hydrogens is 717 g/mol. The zero-order chi connectivity index (χ0) is 41.0. The molecule has 57 heavy (non-hydrogen) atoms. The highest BCUT2D eigenvalue weighted by molar-refractivity contribution is 7.91. The average Bonchev–Trinajstić information content (AvgIpc) is 3.70. The molecule has 2 heterocycles. The van der Waals surface area contributed by atoms with Crippen molar-refractivity contribution in [2.24, 2.45) is 0 Å². The molecular formula is C52H56N2O2S. The van der Waals surface area contributed by atoms with Gasteiger partial charge in [0.1, 0.15) is 0 Å². The van der Waals surface area contributed by atoms with Gasteiger partial charge in [0.05, 0.1) is 20.8 Å². The Morgan fingerprint density at radius 3 is 1.00 bits per heavy atom. The van der Waals surface area contributed by atoms with Crippen molar-refractivity contribution in [3.8, 4) is 22.3 Å². The minimum Gasteiger partial charge on any atom is -0.354 e. The van der Waals surface area contributed by atoms with Crippen molar-refractivity contribution in [1.82, 2.24) is 9.97 Å². The highest BCUT2D eigenvalue weighted by atomic mass is 32.2. The first-order chi connectivity index (χ1) is 26.5. The van der Waals surface area contributed by atoms with Crippen molar-refractivity contribution < 1.29 is 8.42 Å². The number of fused-ring (bicyclic) bond motifs is 6. The zero-order valence-electron chi connectivity index (χ0n) is 35.6. The number of aromatic amines is 2. The van der Waals surface area contributed by atoms with Gasteiger partial charge in [-0.2, -0.15) is 0 Å². The summed E-state index contributed by atoms with van der Waals surface area (Å²) in [7, 11) is -3.78. The molecule has 0 unspecified atom stereocenters. The van der Waals surface area contributed by atoms with E-state index in [9.17, 15) is 8.42 Å². The lowest BCUT2D eigenvalue weighted by Gasteiger charge is -2.21. The standard InChI is InChI=1S/C52H56N2O2S/c1-49(2,3)33-17-23-45-41(25-33)43-29-35(51(7,8)9)27-39(47(43)53-45)31-13-19-37(20-14-31)57(55,56)38-21-15-32(16-22-38)40-28-36(52(10,11)12)30-44-42-26-34(50(4,5)6)18-24-46(42)54-48(40)44/h13-30,53-54H,1-12H3. The fourth-order valence-corrected chi connectivity index (χ4v) is 9.28. The summed E-state index contributed by atoms with van der Waals surface area (Å²) < 4.78 is 28.3. The third kappa shape index (κ3) is 6.88. The van der Waals surface area contributed by atoms with Gasteiger partial charge in [0, 0.05) is 43.7 Å². The summed E-state index contributed by atoms with van der Waals surface area (Å²) in [4.78, 5) is 7.97. The van der Waals surface area contributed by atoms with Crippen LogP contribution in [0.4, 0.5) is 0 Å². The van der Waals surface area contributed by atoms with Gasteiger partial charge >= 0.3 is 0 Å². The third-order valence-corrected chi connectivity index (χ3v) is 13.6. The first-order valence-electron chi connectivity index (χ1n) is 20.2. The molecule has 0 aliphatic rings. The van der Waals surface area contributed by atoms with Crippen molar-refractivity contribution in [3.05, 3.63) is 131 Å². The van der Waals surface area contributed by atoms with E-state index in [-0.39, 0.29) is 31.5 Å². The van der Waals surface area contributed by atoms with Gasteiger partial charge in [-0.15, -0.1) is 0 Å². The van der Waals surface area contributed by atoms with Crippen LogP contribution in [0.15, 0.2) is 119 Å². The van der Waals surface area contributed by atoms with E-state index in [1.165, 1.54) is 43.8 Å². The second kappa shape index (κ2) is 12.9. The van der Waals surface area contributed by atoms with E-state index in [4.69, 9.17) is 0 Å². The second-order valence-corrected chi connectivity index (χ2v) is 22.2. The van der Waals surface area contributed by atoms with Gasteiger partial charge in [-0.25, -0.2) is 8.42 Å². The fourth-order valence-electron chi connectivity index (χ4n) is 8.02. The zero-order valence-corrected chi connectivity index (χ0v) is 36.4. The summed E-state index contributed by atoms with van der Waals surface area (Å²) >= 11 is 0. The summed E-state index contributed by atoms with van der Waals surface area (Å²) in [6.45, 7) is 26.9. The van der Waals surface area contributed by atoms with Crippen LogP contribution in [0, 0.1) is 0 Å². The molecule has 8 rings (SSSR count). The van der Waals surface area contributed by atoms with Crippen LogP contribution >= 0.6 is 0 Å². The first kappa shape index (κ1) is 38.7. The fraction of sp³-hybridized carbons (Fsp3) is 0.308. The molecule has 0 radical (unpaired) electrons. The van der Waals surface area contributed by atoms with Gasteiger partial charge in [0.25, 0.3) is 0 Å². The van der Waals surface area contributed by atoms with Crippen LogP contribution < -0.4 is 0 Å².